The lowest BCUT2D eigenvalue weighted by molar-refractivity contribution is 0.0663. The van der Waals surface area contributed by atoms with Crippen molar-refractivity contribution in [2.45, 2.75) is 19.8 Å². The number of nitrogens with zero attached hydrogens (tertiary/aromatic N) is 2. The number of hydrogen-bond donors (Lipinski definition) is 1. The fraction of sp³-hybridized carbons (Fsp3) is 0.316. The Bertz CT molecular complexity index is 1030. The van der Waals surface area contributed by atoms with Crippen molar-refractivity contribution in [1.82, 2.24) is 4.98 Å². The largest absolute Gasteiger partial charge is 0.475 e. The molecule has 2 aromatic heterocycles. The van der Waals surface area contributed by atoms with Crippen LogP contribution < -0.4 is 10.3 Å². The van der Waals surface area contributed by atoms with E-state index in [2.05, 4.69) is 16.8 Å². The number of rotatable bonds is 2. The first-order valence-electron chi connectivity index (χ1n) is 8.38. The second-order valence-corrected chi connectivity index (χ2v) is 6.65. The Hall–Kier alpha value is -2.89. The molecule has 25 heavy (non-hydrogen) atoms. The van der Waals surface area contributed by atoms with E-state index in [1.807, 2.05) is 18.2 Å². The van der Waals surface area contributed by atoms with Crippen molar-refractivity contribution in [2.24, 2.45) is 5.92 Å². The number of fused-ring (bicyclic) bond motifs is 3. The van der Waals surface area contributed by atoms with Gasteiger partial charge >= 0.3 is 5.97 Å². The van der Waals surface area contributed by atoms with Crippen LogP contribution in [0.5, 0.6) is 0 Å². The van der Waals surface area contributed by atoms with E-state index < -0.39 is 11.4 Å². The van der Waals surface area contributed by atoms with Crippen molar-refractivity contribution in [3.05, 3.63) is 46.4 Å². The molecule has 6 nitrogen and oxygen atoms in total. The van der Waals surface area contributed by atoms with Gasteiger partial charge in [0.25, 0.3) is 0 Å². The number of anilines is 1. The molecule has 0 amide bonds. The van der Waals surface area contributed by atoms with Crippen LogP contribution in [0, 0.1) is 5.92 Å². The first-order valence-corrected chi connectivity index (χ1v) is 8.38. The minimum atomic E-state index is -1.26. The van der Waals surface area contributed by atoms with E-state index in [4.69, 9.17) is 9.52 Å². The van der Waals surface area contributed by atoms with Gasteiger partial charge in [0.15, 0.2) is 5.43 Å². The molecule has 0 aliphatic carbocycles. The van der Waals surface area contributed by atoms with E-state index in [0.717, 1.165) is 43.6 Å². The van der Waals surface area contributed by atoms with Gasteiger partial charge in [-0.1, -0.05) is 6.92 Å². The Balaban J connectivity index is 1.91. The molecule has 1 aromatic carbocycles. The van der Waals surface area contributed by atoms with Crippen LogP contribution in [-0.2, 0) is 0 Å². The Morgan fingerprint density at radius 1 is 1.24 bits per heavy atom. The van der Waals surface area contributed by atoms with E-state index in [1.165, 1.54) is 6.20 Å². The molecule has 0 radical (unpaired) electrons. The topological polar surface area (TPSA) is 83.6 Å². The Labute approximate surface area is 143 Å². The predicted molar refractivity (Wildman–Crippen MR) is 95.4 cm³/mol. The van der Waals surface area contributed by atoms with Gasteiger partial charge in [-0.15, -0.1) is 0 Å². The number of hydrogen-bond acceptors (Lipinski definition) is 5. The van der Waals surface area contributed by atoms with Gasteiger partial charge in [0.1, 0.15) is 5.58 Å². The molecule has 1 saturated heterocycles. The summed E-state index contributed by atoms with van der Waals surface area (Å²) in [6, 6.07) is 6.83. The van der Waals surface area contributed by atoms with Crippen LogP contribution in [0.2, 0.25) is 0 Å². The molecule has 0 saturated carbocycles. The summed E-state index contributed by atoms with van der Waals surface area (Å²) in [6.07, 6.45) is 3.73. The maximum absolute atomic E-state index is 12.2. The van der Waals surface area contributed by atoms with E-state index in [9.17, 15) is 9.59 Å². The molecule has 0 spiro atoms. The number of carbonyl (C=O) groups is 1. The third kappa shape index (κ3) is 2.73. The maximum Gasteiger partial charge on any atom is 0.371 e. The smallest absolute Gasteiger partial charge is 0.371 e. The van der Waals surface area contributed by atoms with Gasteiger partial charge in [0, 0.05) is 36.4 Å². The van der Waals surface area contributed by atoms with Gasteiger partial charge in [0.05, 0.1) is 10.9 Å². The highest BCUT2D eigenvalue weighted by molar-refractivity contribution is 6.03. The molecule has 1 fully saturated rings. The summed E-state index contributed by atoms with van der Waals surface area (Å²) in [5.74, 6) is -0.886. The van der Waals surface area contributed by atoms with Crippen molar-refractivity contribution in [2.75, 3.05) is 18.0 Å². The number of aromatic carboxylic acids is 1. The van der Waals surface area contributed by atoms with Crippen molar-refractivity contribution in [1.29, 1.82) is 0 Å². The van der Waals surface area contributed by atoms with Crippen LogP contribution in [0.4, 0.5) is 5.69 Å². The number of pyridine rings is 1. The first-order chi connectivity index (χ1) is 12.0. The van der Waals surface area contributed by atoms with Crippen LogP contribution in [0.25, 0.3) is 21.9 Å². The number of benzene rings is 1. The molecule has 1 N–H and O–H groups in total. The van der Waals surface area contributed by atoms with E-state index in [-0.39, 0.29) is 11.3 Å². The molecule has 0 atom stereocenters. The highest BCUT2D eigenvalue weighted by atomic mass is 16.4. The van der Waals surface area contributed by atoms with Crippen molar-refractivity contribution < 1.29 is 14.3 Å². The van der Waals surface area contributed by atoms with Gasteiger partial charge in [-0.25, -0.2) is 4.79 Å². The minimum Gasteiger partial charge on any atom is -0.475 e. The summed E-state index contributed by atoms with van der Waals surface area (Å²) in [5, 5.41) is 10.1. The van der Waals surface area contributed by atoms with Crippen LogP contribution in [0.15, 0.2) is 39.7 Å². The normalized spacial score (nSPS) is 15.8. The number of carboxylic acids is 1. The number of aromatic nitrogens is 1. The quantitative estimate of drug-likeness (QED) is 0.722. The lowest BCUT2D eigenvalue weighted by atomic mass is 9.98. The predicted octanol–water partition coefficient (Wildman–Crippen LogP) is 3.28. The third-order valence-corrected chi connectivity index (χ3v) is 4.90. The second-order valence-electron chi connectivity index (χ2n) is 6.65. The van der Waals surface area contributed by atoms with Gasteiger partial charge in [-0.05, 0) is 37.0 Å². The van der Waals surface area contributed by atoms with Gasteiger partial charge in [0.2, 0.25) is 5.76 Å². The summed E-state index contributed by atoms with van der Waals surface area (Å²) in [6.45, 7) is 4.22. The monoisotopic (exact) mass is 338 g/mol. The van der Waals surface area contributed by atoms with Crippen LogP contribution in [-0.4, -0.2) is 29.1 Å². The lowest BCUT2D eigenvalue weighted by Gasteiger charge is -2.32. The van der Waals surface area contributed by atoms with E-state index >= 15 is 0 Å². The molecular weight excluding hydrogens is 320 g/mol. The molecular formula is C19H18N2O4. The van der Waals surface area contributed by atoms with Crippen molar-refractivity contribution in [3.63, 3.8) is 0 Å². The fourth-order valence-electron chi connectivity index (χ4n) is 3.35. The SMILES string of the molecule is CC1CCN(c2ccc3ncc4c(=O)cc(C(=O)O)oc4c3c2)CC1. The number of carboxylic acid groups (broad SMARTS) is 1. The Kier molecular flexibility index (Phi) is 3.67. The van der Waals surface area contributed by atoms with Crippen LogP contribution in [0.3, 0.4) is 0 Å². The fourth-order valence-corrected chi connectivity index (χ4v) is 3.35. The molecule has 6 heteroatoms. The summed E-state index contributed by atoms with van der Waals surface area (Å²) in [4.78, 5) is 30.0. The minimum absolute atomic E-state index is 0.280. The molecule has 3 aromatic rings. The molecule has 4 rings (SSSR count). The third-order valence-electron chi connectivity index (χ3n) is 4.90. The van der Waals surface area contributed by atoms with Crippen LogP contribution in [0.1, 0.15) is 30.3 Å². The lowest BCUT2D eigenvalue weighted by Crippen LogP contribution is -2.32. The van der Waals surface area contributed by atoms with Crippen molar-refractivity contribution in [3.8, 4) is 0 Å². The standard InChI is InChI=1S/C19H18N2O4/c1-11-4-6-21(7-5-11)12-2-3-15-13(8-12)18-14(10-20-15)16(22)9-17(25-18)19(23)24/h2-3,8-11H,4-7H2,1H3,(H,23,24). The second kappa shape index (κ2) is 5.88. The zero-order valence-electron chi connectivity index (χ0n) is 13.9. The van der Waals surface area contributed by atoms with Crippen LogP contribution >= 0.6 is 0 Å². The van der Waals surface area contributed by atoms with E-state index in [1.54, 1.807) is 0 Å². The highest BCUT2D eigenvalue weighted by Crippen LogP contribution is 2.29. The highest BCUT2D eigenvalue weighted by Gasteiger charge is 2.18. The van der Waals surface area contributed by atoms with Gasteiger partial charge < -0.3 is 14.4 Å². The average Bonchev–Trinajstić information content (AvgIpc) is 2.61. The molecule has 0 bridgehead atoms. The Morgan fingerprint density at radius 2 is 2.00 bits per heavy atom. The zero-order chi connectivity index (χ0) is 17.6. The summed E-state index contributed by atoms with van der Waals surface area (Å²) in [5.41, 5.74) is 1.59. The summed E-state index contributed by atoms with van der Waals surface area (Å²) >= 11 is 0. The van der Waals surface area contributed by atoms with Crippen molar-refractivity contribution >= 4 is 33.5 Å². The molecule has 1 aliphatic rings. The summed E-state index contributed by atoms with van der Waals surface area (Å²) < 4.78 is 5.52. The molecule has 0 unspecified atom stereocenters. The molecule has 128 valence electrons. The molecule has 1 aliphatic heterocycles. The maximum atomic E-state index is 12.2. The van der Waals surface area contributed by atoms with Gasteiger partial charge in [-0.2, -0.15) is 0 Å². The van der Waals surface area contributed by atoms with Gasteiger partial charge in [-0.3, -0.25) is 9.78 Å². The zero-order valence-corrected chi connectivity index (χ0v) is 13.9. The molecule has 3 heterocycles. The average molecular weight is 338 g/mol. The number of piperidine rings is 1. The summed E-state index contributed by atoms with van der Waals surface area (Å²) in [7, 11) is 0. The van der Waals surface area contributed by atoms with E-state index in [0.29, 0.717) is 16.3 Å². The first kappa shape index (κ1) is 15.6. The Morgan fingerprint density at radius 3 is 2.72 bits per heavy atom.